The molecular weight excluding hydrogens is 240 g/mol. The zero-order valence-electron chi connectivity index (χ0n) is 11.0. The molecule has 1 aliphatic heterocycles. The van der Waals surface area contributed by atoms with Crippen LogP contribution < -0.4 is 0 Å². The average molecular weight is 258 g/mol. The number of likely N-dealkylation sites (tertiary alicyclic amines) is 1. The van der Waals surface area contributed by atoms with Gasteiger partial charge in [-0.15, -0.1) is 0 Å². The maximum atomic E-state index is 11.2. The Bertz CT molecular complexity index is 605. The molecule has 100 valence electrons. The maximum absolute atomic E-state index is 11.2. The van der Waals surface area contributed by atoms with Gasteiger partial charge in [-0.05, 0) is 38.1 Å². The predicted octanol–water partition coefficient (Wildman–Crippen LogP) is 2.64. The Hall–Kier alpha value is -1.81. The lowest BCUT2D eigenvalue weighted by molar-refractivity contribution is -0.144. The largest absolute Gasteiger partial charge is 0.481 e. The Labute approximate surface area is 112 Å². The van der Waals surface area contributed by atoms with Gasteiger partial charge in [-0.1, -0.05) is 18.2 Å². The minimum atomic E-state index is -0.669. The van der Waals surface area contributed by atoms with Gasteiger partial charge in [0.1, 0.15) is 0 Å². The van der Waals surface area contributed by atoms with Gasteiger partial charge in [0, 0.05) is 23.1 Å². The molecule has 3 rings (SSSR count). The van der Waals surface area contributed by atoms with Crippen LogP contribution in [0.1, 0.15) is 24.4 Å². The molecule has 2 atom stereocenters. The fourth-order valence-corrected chi connectivity index (χ4v) is 3.04. The predicted molar refractivity (Wildman–Crippen MR) is 74.0 cm³/mol. The summed E-state index contributed by atoms with van der Waals surface area (Å²) in [7, 11) is 2.07. The lowest BCUT2D eigenvalue weighted by Gasteiger charge is -2.35. The van der Waals surface area contributed by atoms with Crippen molar-refractivity contribution < 1.29 is 9.90 Å². The maximum Gasteiger partial charge on any atom is 0.306 e. The van der Waals surface area contributed by atoms with Crippen molar-refractivity contribution in [1.82, 2.24) is 9.88 Å². The van der Waals surface area contributed by atoms with Crippen LogP contribution in [0, 0.1) is 5.92 Å². The van der Waals surface area contributed by atoms with E-state index in [1.165, 1.54) is 10.9 Å². The molecule has 1 saturated heterocycles. The summed E-state index contributed by atoms with van der Waals surface area (Å²) in [5.74, 6) is -0.896. The number of H-pyrrole nitrogens is 1. The van der Waals surface area contributed by atoms with Crippen molar-refractivity contribution in [3.8, 4) is 0 Å². The molecule has 0 bridgehead atoms. The highest BCUT2D eigenvalue weighted by Crippen LogP contribution is 2.36. The van der Waals surface area contributed by atoms with E-state index in [4.69, 9.17) is 0 Å². The molecular formula is C15H18N2O2. The third kappa shape index (κ3) is 2.12. The first kappa shape index (κ1) is 12.2. The molecule has 1 aromatic carbocycles. The molecule has 1 fully saturated rings. The van der Waals surface area contributed by atoms with Gasteiger partial charge in [0.05, 0.1) is 5.92 Å². The van der Waals surface area contributed by atoms with E-state index in [0.29, 0.717) is 6.42 Å². The molecule has 1 aromatic heterocycles. The molecule has 1 aliphatic rings. The molecule has 4 nitrogen and oxygen atoms in total. The Morgan fingerprint density at radius 1 is 1.42 bits per heavy atom. The monoisotopic (exact) mass is 258 g/mol. The minimum Gasteiger partial charge on any atom is -0.481 e. The second-order valence-corrected chi connectivity index (χ2v) is 5.35. The molecule has 0 spiro atoms. The van der Waals surface area contributed by atoms with Gasteiger partial charge >= 0.3 is 5.97 Å². The highest BCUT2D eigenvalue weighted by Gasteiger charge is 2.32. The zero-order valence-corrected chi connectivity index (χ0v) is 11.0. The number of rotatable bonds is 2. The van der Waals surface area contributed by atoms with Crippen molar-refractivity contribution in [2.24, 2.45) is 5.92 Å². The van der Waals surface area contributed by atoms with Gasteiger partial charge in [0.25, 0.3) is 0 Å². The SMILES string of the molecule is CN1CC[C@@H](C(=O)O)C[C@H]1c1c[nH]c2ccccc12. The summed E-state index contributed by atoms with van der Waals surface area (Å²) in [5.41, 5.74) is 2.33. The van der Waals surface area contributed by atoms with E-state index in [-0.39, 0.29) is 12.0 Å². The summed E-state index contributed by atoms with van der Waals surface area (Å²) in [6, 6.07) is 8.37. The van der Waals surface area contributed by atoms with E-state index < -0.39 is 5.97 Å². The van der Waals surface area contributed by atoms with Gasteiger partial charge in [-0.25, -0.2) is 0 Å². The number of carboxylic acids is 1. The molecule has 0 aliphatic carbocycles. The molecule has 0 amide bonds. The summed E-state index contributed by atoms with van der Waals surface area (Å²) in [5, 5.41) is 10.4. The second-order valence-electron chi connectivity index (χ2n) is 5.35. The van der Waals surface area contributed by atoms with Crippen molar-refractivity contribution in [3.05, 3.63) is 36.0 Å². The van der Waals surface area contributed by atoms with Gasteiger partial charge in [0.15, 0.2) is 0 Å². The fraction of sp³-hybridized carbons (Fsp3) is 0.400. The van der Waals surface area contributed by atoms with Crippen molar-refractivity contribution >= 4 is 16.9 Å². The summed E-state index contributed by atoms with van der Waals surface area (Å²) >= 11 is 0. The van der Waals surface area contributed by atoms with Crippen molar-refractivity contribution in [3.63, 3.8) is 0 Å². The molecule has 0 unspecified atom stereocenters. The first-order chi connectivity index (χ1) is 9.16. The molecule has 2 aromatic rings. The van der Waals surface area contributed by atoms with Crippen LogP contribution in [-0.2, 0) is 4.79 Å². The second kappa shape index (κ2) is 4.70. The number of hydrogen-bond acceptors (Lipinski definition) is 2. The van der Waals surface area contributed by atoms with Crippen molar-refractivity contribution in [2.75, 3.05) is 13.6 Å². The van der Waals surface area contributed by atoms with Crippen LogP contribution in [0.2, 0.25) is 0 Å². The van der Waals surface area contributed by atoms with Crippen molar-refractivity contribution in [1.29, 1.82) is 0 Å². The van der Waals surface area contributed by atoms with Crippen LogP contribution in [0.5, 0.6) is 0 Å². The number of benzene rings is 1. The third-order valence-corrected chi connectivity index (χ3v) is 4.20. The van der Waals surface area contributed by atoms with E-state index in [2.05, 4.69) is 29.1 Å². The number of aromatic amines is 1. The summed E-state index contributed by atoms with van der Waals surface area (Å²) in [6.07, 6.45) is 3.45. The van der Waals surface area contributed by atoms with E-state index in [1.54, 1.807) is 0 Å². The Kier molecular flexibility index (Phi) is 3.03. The van der Waals surface area contributed by atoms with Crippen molar-refractivity contribution in [2.45, 2.75) is 18.9 Å². The van der Waals surface area contributed by atoms with Gasteiger partial charge in [-0.2, -0.15) is 0 Å². The number of piperidine rings is 1. The molecule has 0 radical (unpaired) electrons. The number of fused-ring (bicyclic) bond motifs is 1. The molecule has 4 heteroatoms. The molecule has 2 N–H and O–H groups in total. The van der Waals surface area contributed by atoms with Crippen LogP contribution in [0.15, 0.2) is 30.5 Å². The summed E-state index contributed by atoms with van der Waals surface area (Å²) in [4.78, 5) is 16.7. The van der Waals surface area contributed by atoms with Crippen LogP contribution in [0.3, 0.4) is 0 Å². The number of aromatic nitrogens is 1. The standard InChI is InChI=1S/C15H18N2O2/c1-17-7-6-10(15(18)19)8-14(17)12-9-16-13-5-3-2-4-11(12)13/h2-5,9-10,14,16H,6-8H2,1H3,(H,18,19)/t10-,14+/m1/s1. The Morgan fingerprint density at radius 3 is 3.00 bits per heavy atom. The number of para-hydroxylation sites is 1. The first-order valence-electron chi connectivity index (χ1n) is 6.66. The van der Waals surface area contributed by atoms with Crippen LogP contribution in [-0.4, -0.2) is 34.6 Å². The number of carboxylic acid groups (broad SMARTS) is 1. The van der Waals surface area contributed by atoms with E-state index in [1.807, 2.05) is 18.3 Å². The number of nitrogens with zero attached hydrogens (tertiary/aromatic N) is 1. The average Bonchev–Trinajstić information content (AvgIpc) is 2.83. The van der Waals surface area contributed by atoms with Crippen LogP contribution in [0.25, 0.3) is 10.9 Å². The molecule has 19 heavy (non-hydrogen) atoms. The molecule has 2 heterocycles. The van der Waals surface area contributed by atoms with Crippen LogP contribution >= 0.6 is 0 Å². The zero-order chi connectivity index (χ0) is 13.4. The lowest BCUT2D eigenvalue weighted by Crippen LogP contribution is -2.36. The normalized spacial score (nSPS) is 24.7. The molecule has 0 saturated carbocycles. The van der Waals surface area contributed by atoms with Gasteiger partial charge in [0.2, 0.25) is 0 Å². The first-order valence-corrected chi connectivity index (χ1v) is 6.66. The summed E-state index contributed by atoms with van der Waals surface area (Å²) in [6.45, 7) is 0.834. The third-order valence-electron chi connectivity index (χ3n) is 4.20. The van der Waals surface area contributed by atoms with E-state index >= 15 is 0 Å². The lowest BCUT2D eigenvalue weighted by atomic mass is 9.87. The van der Waals surface area contributed by atoms with Gasteiger partial charge < -0.3 is 10.1 Å². The fourth-order valence-electron chi connectivity index (χ4n) is 3.04. The summed E-state index contributed by atoms with van der Waals surface area (Å²) < 4.78 is 0. The number of nitrogens with one attached hydrogen (secondary N) is 1. The number of hydrogen-bond donors (Lipinski definition) is 2. The van der Waals surface area contributed by atoms with E-state index in [9.17, 15) is 9.90 Å². The Morgan fingerprint density at radius 2 is 2.21 bits per heavy atom. The number of aliphatic carboxylic acids is 1. The quantitative estimate of drug-likeness (QED) is 0.870. The Balaban J connectivity index is 1.97. The smallest absolute Gasteiger partial charge is 0.306 e. The highest BCUT2D eigenvalue weighted by molar-refractivity contribution is 5.83. The topological polar surface area (TPSA) is 56.3 Å². The minimum absolute atomic E-state index is 0.186. The van der Waals surface area contributed by atoms with Gasteiger partial charge in [-0.3, -0.25) is 9.69 Å². The number of carbonyl (C=O) groups is 1. The highest BCUT2D eigenvalue weighted by atomic mass is 16.4. The van der Waals surface area contributed by atoms with E-state index in [0.717, 1.165) is 18.5 Å². The van der Waals surface area contributed by atoms with Crippen LogP contribution in [0.4, 0.5) is 0 Å².